The summed E-state index contributed by atoms with van der Waals surface area (Å²) in [6.45, 7) is 0.352. The van der Waals surface area contributed by atoms with E-state index in [-0.39, 0.29) is 11.5 Å². The van der Waals surface area contributed by atoms with E-state index < -0.39 is 0 Å². The first-order chi connectivity index (χ1) is 12.3. The molecule has 0 N–H and O–H groups in total. The second-order valence-corrected chi connectivity index (χ2v) is 7.57. The molecule has 134 valence electrons. The molecule has 0 aliphatic heterocycles. The number of carbonyl (C=O) groups excluding carboxylic acids is 1. The van der Waals surface area contributed by atoms with Crippen molar-refractivity contribution >= 4 is 57.8 Å². The first kappa shape index (κ1) is 20.6. The minimum atomic E-state index is -0.331. The van der Waals surface area contributed by atoms with Crippen molar-refractivity contribution in [3.63, 3.8) is 0 Å². The van der Waals surface area contributed by atoms with E-state index in [1.165, 1.54) is 4.90 Å². The van der Waals surface area contributed by atoms with E-state index in [1.54, 1.807) is 44.4 Å². The average molecular weight is 501 g/mol. The molecule has 0 aliphatic rings. The highest BCUT2D eigenvalue weighted by Crippen LogP contribution is 2.26. The maximum absolute atomic E-state index is 11.9. The van der Waals surface area contributed by atoms with Gasteiger partial charge in [0.05, 0.1) is 13.6 Å². The number of benzene rings is 2. The normalized spacial score (nSPS) is 11.0. The molecule has 1 amide bonds. The molecular formula is C19H15Cl2IN2O2. The Morgan fingerprint density at radius 2 is 1.96 bits per heavy atom. The third-order valence-electron chi connectivity index (χ3n) is 3.40. The zero-order chi connectivity index (χ0) is 19.3. The summed E-state index contributed by atoms with van der Waals surface area (Å²) in [6.07, 6.45) is 1.56. The maximum Gasteiger partial charge on any atom is 0.264 e. The number of carbonyl (C=O) groups is 1. The van der Waals surface area contributed by atoms with Crippen LogP contribution in [0.2, 0.25) is 10.0 Å². The number of likely N-dealkylation sites (N-methyl/N-ethyl adjacent to an activating group) is 1. The van der Waals surface area contributed by atoms with Crippen LogP contribution in [-0.2, 0) is 11.4 Å². The van der Waals surface area contributed by atoms with Crippen LogP contribution in [0, 0.1) is 14.9 Å². The van der Waals surface area contributed by atoms with Gasteiger partial charge in [0.1, 0.15) is 24.0 Å². The number of ether oxygens (including phenoxy) is 1. The number of nitrogens with zero attached hydrogens (tertiary/aromatic N) is 2. The number of hydrogen-bond acceptors (Lipinski definition) is 3. The fraction of sp³-hybridized carbons (Fsp3) is 0.158. The predicted molar refractivity (Wildman–Crippen MR) is 112 cm³/mol. The summed E-state index contributed by atoms with van der Waals surface area (Å²) in [7, 11) is 3.22. The van der Waals surface area contributed by atoms with Gasteiger partial charge in [-0.25, -0.2) is 0 Å². The number of hydrogen-bond donors (Lipinski definition) is 0. The van der Waals surface area contributed by atoms with E-state index >= 15 is 0 Å². The minimum Gasteiger partial charge on any atom is -0.488 e. The number of amides is 1. The molecule has 0 bridgehead atoms. The summed E-state index contributed by atoms with van der Waals surface area (Å²) in [5, 5.41) is 10.2. The molecule has 2 aromatic rings. The average Bonchev–Trinajstić information content (AvgIpc) is 2.61. The van der Waals surface area contributed by atoms with Crippen LogP contribution < -0.4 is 4.74 Å². The molecule has 2 aromatic carbocycles. The third kappa shape index (κ3) is 5.37. The second kappa shape index (κ2) is 9.26. The maximum atomic E-state index is 11.9. The topological polar surface area (TPSA) is 53.3 Å². The van der Waals surface area contributed by atoms with E-state index in [4.69, 9.17) is 27.9 Å². The Labute approximate surface area is 176 Å². The van der Waals surface area contributed by atoms with Crippen LogP contribution in [0.4, 0.5) is 0 Å². The molecule has 0 spiro atoms. The molecule has 7 heteroatoms. The lowest BCUT2D eigenvalue weighted by molar-refractivity contribution is -0.124. The van der Waals surface area contributed by atoms with Crippen LogP contribution in [0.3, 0.4) is 0 Å². The Bertz CT molecular complexity index is 905. The first-order valence-electron chi connectivity index (χ1n) is 7.51. The number of nitriles is 1. The van der Waals surface area contributed by atoms with Crippen LogP contribution in [-0.4, -0.2) is 24.9 Å². The lowest BCUT2D eigenvalue weighted by Crippen LogP contribution is -2.22. The molecule has 0 radical (unpaired) electrons. The molecule has 0 unspecified atom stereocenters. The molecule has 0 heterocycles. The van der Waals surface area contributed by atoms with E-state index in [9.17, 15) is 10.1 Å². The number of halogens is 3. The molecule has 0 aromatic heterocycles. The van der Waals surface area contributed by atoms with Crippen molar-refractivity contribution in [1.82, 2.24) is 4.90 Å². The van der Waals surface area contributed by atoms with Crippen molar-refractivity contribution in [2.24, 2.45) is 0 Å². The van der Waals surface area contributed by atoms with Gasteiger partial charge >= 0.3 is 0 Å². The number of rotatable bonds is 5. The molecular weight excluding hydrogens is 486 g/mol. The van der Waals surface area contributed by atoms with E-state index in [1.807, 2.05) is 18.2 Å². The van der Waals surface area contributed by atoms with E-state index in [2.05, 4.69) is 22.6 Å². The van der Waals surface area contributed by atoms with Crippen LogP contribution in [0.5, 0.6) is 5.75 Å². The Kier molecular flexibility index (Phi) is 7.33. The zero-order valence-electron chi connectivity index (χ0n) is 14.1. The Balaban J connectivity index is 2.15. The highest BCUT2D eigenvalue weighted by Gasteiger charge is 2.11. The highest BCUT2D eigenvalue weighted by molar-refractivity contribution is 14.1. The molecule has 0 aliphatic carbocycles. The molecule has 26 heavy (non-hydrogen) atoms. The van der Waals surface area contributed by atoms with E-state index in [0.717, 1.165) is 14.7 Å². The van der Waals surface area contributed by atoms with Gasteiger partial charge in [0.2, 0.25) is 0 Å². The van der Waals surface area contributed by atoms with Gasteiger partial charge < -0.3 is 9.64 Å². The van der Waals surface area contributed by atoms with Gasteiger partial charge in [-0.05, 0) is 64.1 Å². The Morgan fingerprint density at radius 1 is 1.23 bits per heavy atom. The summed E-state index contributed by atoms with van der Waals surface area (Å²) in [4.78, 5) is 13.3. The molecule has 0 atom stereocenters. The van der Waals surface area contributed by atoms with Gasteiger partial charge in [0.15, 0.2) is 0 Å². The van der Waals surface area contributed by atoms with Gasteiger partial charge in [-0.2, -0.15) is 5.26 Å². The van der Waals surface area contributed by atoms with Crippen LogP contribution >= 0.6 is 45.8 Å². The quantitative estimate of drug-likeness (QED) is 0.323. The minimum absolute atomic E-state index is 0.0790. The SMILES string of the molecule is CN(C)C(=O)/C(C#N)=C\c1ccc(OCc2ccc(Cl)c(Cl)c2)c(I)c1. The lowest BCUT2D eigenvalue weighted by atomic mass is 10.1. The van der Waals surface area contributed by atoms with Crippen molar-refractivity contribution in [2.45, 2.75) is 6.61 Å². The standard InChI is InChI=1S/C19H15Cl2IN2O2/c1-24(2)19(25)14(10-23)7-12-4-6-18(17(22)9-12)26-11-13-3-5-15(20)16(21)8-13/h3-9H,11H2,1-2H3/b14-7-. The third-order valence-corrected chi connectivity index (χ3v) is 4.98. The summed E-state index contributed by atoms with van der Waals surface area (Å²) >= 11 is 14.1. The Hall–Kier alpha value is -1.75. The molecule has 0 saturated heterocycles. The Morgan fingerprint density at radius 3 is 2.54 bits per heavy atom. The summed E-state index contributed by atoms with van der Waals surface area (Å²) in [5.41, 5.74) is 1.74. The fourth-order valence-electron chi connectivity index (χ4n) is 2.06. The van der Waals surface area contributed by atoms with Gasteiger partial charge in [-0.1, -0.05) is 35.3 Å². The fourth-order valence-corrected chi connectivity index (χ4v) is 3.08. The molecule has 4 nitrogen and oxygen atoms in total. The summed E-state index contributed by atoms with van der Waals surface area (Å²) in [6, 6.07) is 12.7. The van der Waals surface area contributed by atoms with Crippen LogP contribution in [0.1, 0.15) is 11.1 Å². The summed E-state index contributed by atoms with van der Waals surface area (Å²) in [5.74, 6) is 0.369. The summed E-state index contributed by atoms with van der Waals surface area (Å²) < 4.78 is 6.69. The van der Waals surface area contributed by atoms with Gasteiger partial charge in [-0.15, -0.1) is 0 Å². The smallest absolute Gasteiger partial charge is 0.264 e. The van der Waals surface area contributed by atoms with Crippen molar-refractivity contribution in [2.75, 3.05) is 14.1 Å². The van der Waals surface area contributed by atoms with Crippen LogP contribution in [0.15, 0.2) is 42.0 Å². The second-order valence-electron chi connectivity index (χ2n) is 5.60. The zero-order valence-corrected chi connectivity index (χ0v) is 17.8. The highest BCUT2D eigenvalue weighted by atomic mass is 127. The largest absolute Gasteiger partial charge is 0.488 e. The molecule has 0 fully saturated rings. The molecule has 0 saturated carbocycles. The van der Waals surface area contributed by atoms with Crippen molar-refractivity contribution in [3.05, 3.63) is 66.7 Å². The van der Waals surface area contributed by atoms with Gasteiger partial charge in [0, 0.05) is 14.1 Å². The van der Waals surface area contributed by atoms with Gasteiger partial charge in [0.25, 0.3) is 5.91 Å². The first-order valence-corrected chi connectivity index (χ1v) is 9.35. The van der Waals surface area contributed by atoms with Crippen molar-refractivity contribution in [3.8, 4) is 11.8 Å². The molecule has 2 rings (SSSR count). The van der Waals surface area contributed by atoms with Crippen LogP contribution in [0.25, 0.3) is 6.08 Å². The predicted octanol–water partition coefficient (Wildman–Crippen LogP) is 5.17. The monoisotopic (exact) mass is 500 g/mol. The van der Waals surface area contributed by atoms with E-state index in [0.29, 0.717) is 22.4 Å². The lowest BCUT2D eigenvalue weighted by Gasteiger charge is -2.11. The van der Waals surface area contributed by atoms with Gasteiger partial charge in [-0.3, -0.25) is 4.79 Å². The van der Waals surface area contributed by atoms with Crippen molar-refractivity contribution < 1.29 is 9.53 Å². The van der Waals surface area contributed by atoms with Crippen molar-refractivity contribution in [1.29, 1.82) is 5.26 Å².